The van der Waals surface area contributed by atoms with Crippen LogP contribution < -0.4 is 24.4 Å². The standard InChI is InChI=1S/C33H29N3O5S/c1-5-41-32(38)28-29(20-11-7-6-8-12-20)35-33-36(30(28)21-15-16-25(39-3)26(17-21)40-4)31(37)27(42-33)18-23-19(2)34-24-14-10-9-13-22(23)24/h6-18,30,34H,5H2,1-4H3/b27-18-/t30-/m1/s1. The van der Waals surface area contributed by atoms with Gasteiger partial charge in [0.15, 0.2) is 16.3 Å². The quantitative estimate of drug-likeness (QED) is 0.281. The summed E-state index contributed by atoms with van der Waals surface area (Å²) in [5.74, 6) is 0.475. The largest absolute Gasteiger partial charge is 0.493 e. The molecule has 3 heterocycles. The van der Waals surface area contributed by atoms with Gasteiger partial charge in [0.1, 0.15) is 0 Å². The number of aromatic nitrogens is 2. The number of H-pyrrole nitrogens is 1. The van der Waals surface area contributed by atoms with Gasteiger partial charge in [-0.05, 0) is 43.7 Å². The number of para-hydroxylation sites is 1. The van der Waals surface area contributed by atoms with Crippen LogP contribution in [-0.4, -0.2) is 36.3 Å². The minimum absolute atomic E-state index is 0.174. The molecule has 0 bridgehead atoms. The van der Waals surface area contributed by atoms with Crippen molar-refractivity contribution in [1.82, 2.24) is 9.55 Å². The van der Waals surface area contributed by atoms with Crippen molar-refractivity contribution in [2.24, 2.45) is 4.99 Å². The number of hydrogen-bond acceptors (Lipinski definition) is 7. The minimum Gasteiger partial charge on any atom is -0.493 e. The number of hydrogen-bond donors (Lipinski definition) is 1. The zero-order chi connectivity index (χ0) is 29.4. The van der Waals surface area contributed by atoms with E-state index in [0.29, 0.717) is 32.1 Å². The highest BCUT2D eigenvalue weighted by atomic mass is 32.1. The predicted molar refractivity (Wildman–Crippen MR) is 164 cm³/mol. The molecule has 5 aromatic rings. The van der Waals surface area contributed by atoms with E-state index in [-0.39, 0.29) is 17.7 Å². The fraction of sp³-hybridized carbons (Fsp3) is 0.182. The topological polar surface area (TPSA) is 94.9 Å². The lowest BCUT2D eigenvalue weighted by molar-refractivity contribution is -0.138. The summed E-state index contributed by atoms with van der Waals surface area (Å²) < 4.78 is 18.7. The van der Waals surface area contributed by atoms with Gasteiger partial charge in [0.25, 0.3) is 5.56 Å². The molecule has 2 aromatic heterocycles. The third-order valence-corrected chi connectivity index (χ3v) is 8.30. The van der Waals surface area contributed by atoms with E-state index in [4.69, 9.17) is 19.2 Å². The number of ether oxygens (including phenoxy) is 3. The van der Waals surface area contributed by atoms with Crippen LogP contribution in [0.25, 0.3) is 22.7 Å². The average molecular weight is 580 g/mol. The number of thiazole rings is 1. The molecule has 1 atom stereocenters. The number of aromatic amines is 1. The number of esters is 1. The van der Waals surface area contributed by atoms with E-state index < -0.39 is 12.0 Å². The Morgan fingerprint density at radius 1 is 1.02 bits per heavy atom. The molecule has 8 nitrogen and oxygen atoms in total. The molecule has 6 rings (SSSR count). The highest BCUT2D eigenvalue weighted by Gasteiger charge is 2.35. The van der Waals surface area contributed by atoms with Crippen molar-refractivity contribution in [3.8, 4) is 11.5 Å². The van der Waals surface area contributed by atoms with Crippen LogP contribution in [0.15, 0.2) is 88.2 Å². The summed E-state index contributed by atoms with van der Waals surface area (Å²) in [4.78, 5) is 36.8. The number of carbonyl (C=O) groups is 1. The fourth-order valence-electron chi connectivity index (χ4n) is 5.39. The Kier molecular flexibility index (Phi) is 7.26. The average Bonchev–Trinajstić information content (AvgIpc) is 3.51. The molecule has 0 fully saturated rings. The van der Waals surface area contributed by atoms with Crippen molar-refractivity contribution in [1.29, 1.82) is 0 Å². The molecular formula is C33H29N3O5S. The smallest absolute Gasteiger partial charge is 0.338 e. The Labute approximate surface area is 245 Å². The number of carbonyl (C=O) groups excluding carboxylic acids is 1. The number of nitrogens with zero attached hydrogens (tertiary/aromatic N) is 2. The van der Waals surface area contributed by atoms with E-state index in [9.17, 15) is 9.59 Å². The predicted octanol–water partition coefficient (Wildman–Crippen LogP) is 4.74. The summed E-state index contributed by atoms with van der Waals surface area (Å²) in [5.41, 5.74) is 4.78. The Bertz CT molecular complexity index is 2040. The van der Waals surface area contributed by atoms with Crippen LogP contribution in [0.1, 0.15) is 35.3 Å². The summed E-state index contributed by atoms with van der Waals surface area (Å²) in [5, 5.41) is 1.02. The Morgan fingerprint density at radius 2 is 1.76 bits per heavy atom. The molecule has 9 heteroatoms. The summed E-state index contributed by atoms with van der Waals surface area (Å²) in [6.45, 7) is 3.92. The zero-order valence-corrected chi connectivity index (χ0v) is 24.5. The lowest BCUT2D eigenvalue weighted by atomic mass is 9.93. The normalized spacial score (nSPS) is 15.0. The van der Waals surface area contributed by atoms with Crippen molar-refractivity contribution < 1.29 is 19.0 Å². The summed E-state index contributed by atoms with van der Waals surface area (Å²) in [6, 6.07) is 22.0. The zero-order valence-electron chi connectivity index (χ0n) is 23.6. The maximum Gasteiger partial charge on any atom is 0.338 e. The molecule has 3 aromatic carbocycles. The van der Waals surface area contributed by atoms with E-state index >= 15 is 0 Å². The number of benzene rings is 3. The number of fused-ring (bicyclic) bond motifs is 2. The summed E-state index contributed by atoms with van der Waals surface area (Å²) in [7, 11) is 3.11. The van der Waals surface area contributed by atoms with Crippen LogP contribution in [0.4, 0.5) is 0 Å². The van der Waals surface area contributed by atoms with Crippen LogP contribution in [0, 0.1) is 6.92 Å². The Balaban J connectivity index is 1.68. The van der Waals surface area contributed by atoms with Gasteiger partial charge >= 0.3 is 5.97 Å². The SMILES string of the molecule is CCOC(=O)C1=C(c2ccccc2)N=c2s/c(=C\c3c(C)[nH]c4ccccc34)c(=O)n2[C@@H]1c1ccc(OC)c(OC)c1. The summed E-state index contributed by atoms with van der Waals surface area (Å²) in [6.07, 6.45) is 1.90. The van der Waals surface area contributed by atoms with E-state index in [1.807, 2.05) is 73.7 Å². The Morgan fingerprint density at radius 3 is 2.50 bits per heavy atom. The van der Waals surface area contributed by atoms with Crippen molar-refractivity contribution in [3.05, 3.63) is 120 Å². The van der Waals surface area contributed by atoms with Crippen molar-refractivity contribution in [3.63, 3.8) is 0 Å². The molecule has 1 aliphatic rings. The molecule has 0 spiro atoms. The molecule has 1 N–H and O–H groups in total. The lowest BCUT2D eigenvalue weighted by Gasteiger charge is -2.26. The molecule has 0 saturated carbocycles. The Hall–Kier alpha value is -4.89. The first-order valence-electron chi connectivity index (χ1n) is 13.5. The van der Waals surface area contributed by atoms with Gasteiger partial charge in [-0.1, -0.05) is 65.9 Å². The molecular weight excluding hydrogens is 550 g/mol. The van der Waals surface area contributed by atoms with Crippen LogP contribution >= 0.6 is 11.3 Å². The van der Waals surface area contributed by atoms with E-state index in [1.165, 1.54) is 11.3 Å². The second-order valence-electron chi connectivity index (χ2n) is 9.76. The minimum atomic E-state index is -0.818. The number of rotatable bonds is 7. The lowest BCUT2D eigenvalue weighted by Crippen LogP contribution is -2.40. The highest BCUT2D eigenvalue weighted by molar-refractivity contribution is 7.07. The first-order chi connectivity index (χ1) is 20.4. The second kappa shape index (κ2) is 11.2. The molecule has 0 unspecified atom stereocenters. The van der Waals surface area contributed by atoms with Crippen LogP contribution in [0.2, 0.25) is 0 Å². The molecule has 42 heavy (non-hydrogen) atoms. The number of methoxy groups -OCH3 is 2. The third-order valence-electron chi connectivity index (χ3n) is 7.32. The monoisotopic (exact) mass is 579 g/mol. The van der Waals surface area contributed by atoms with E-state index in [1.54, 1.807) is 37.8 Å². The molecule has 1 aliphatic heterocycles. The van der Waals surface area contributed by atoms with Crippen LogP contribution in [0.5, 0.6) is 11.5 Å². The van der Waals surface area contributed by atoms with Crippen molar-refractivity contribution in [2.75, 3.05) is 20.8 Å². The van der Waals surface area contributed by atoms with Gasteiger partial charge in [-0.3, -0.25) is 9.36 Å². The van der Waals surface area contributed by atoms with Crippen LogP contribution in [-0.2, 0) is 9.53 Å². The van der Waals surface area contributed by atoms with Crippen LogP contribution in [0.3, 0.4) is 0 Å². The first-order valence-corrected chi connectivity index (χ1v) is 14.3. The van der Waals surface area contributed by atoms with Gasteiger partial charge in [-0.2, -0.15) is 0 Å². The fourth-order valence-corrected chi connectivity index (χ4v) is 6.38. The second-order valence-corrected chi connectivity index (χ2v) is 10.8. The van der Waals surface area contributed by atoms with Gasteiger partial charge < -0.3 is 19.2 Å². The highest BCUT2D eigenvalue weighted by Crippen LogP contribution is 2.38. The van der Waals surface area contributed by atoms with Gasteiger partial charge in [-0.15, -0.1) is 0 Å². The number of nitrogens with one attached hydrogen (secondary N) is 1. The molecule has 0 aliphatic carbocycles. The van der Waals surface area contributed by atoms with Gasteiger partial charge in [-0.25, -0.2) is 9.79 Å². The summed E-state index contributed by atoms with van der Waals surface area (Å²) >= 11 is 1.29. The number of aryl methyl sites for hydroxylation is 1. The van der Waals surface area contributed by atoms with Crippen molar-refractivity contribution in [2.45, 2.75) is 19.9 Å². The van der Waals surface area contributed by atoms with E-state index in [2.05, 4.69) is 4.98 Å². The molecule has 212 valence electrons. The first kappa shape index (κ1) is 27.3. The van der Waals surface area contributed by atoms with E-state index in [0.717, 1.165) is 27.7 Å². The third kappa shape index (κ3) is 4.61. The van der Waals surface area contributed by atoms with Gasteiger partial charge in [0, 0.05) is 27.7 Å². The maximum absolute atomic E-state index is 14.3. The van der Waals surface area contributed by atoms with Crippen molar-refractivity contribution >= 4 is 40.0 Å². The molecule has 0 saturated heterocycles. The maximum atomic E-state index is 14.3. The van der Waals surface area contributed by atoms with Gasteiger partial charge in [0.2, 0.25) is 0 Å². The van der Waals surface area contributed by atoms with Gasteiger partial charge in [0.05, 0.1) is 42.7 Å². The molecule has 0 radical (unpaired) electrons. The molecule has 0 amide bonds.